The number of nitrogens with one attached hydrogen (secondary N) is 2. The molecule has 9 fully saturated rings. The molecule has 0 radical (unpaired) electrons. The summed E-state index contributed by atoms with van der Waals surface area (Å²) in [6, 6.07) is 20.5. The fraction of sp³-hybridized carbons (Fsp3) is 0.654. The number of rotatable bonds is 26. The molecule has 16 atom stereocenters. The number of carbonyl (C=O) groups excluding carboxylic acids is 2. The molecule has 6 aliphatic carbocycles. The Labute approximate surface area is 649 Å². The number of benzene rings is 4. The zero-order chi connectivity index (χ0) is 78.1. The predicted molar refractivity (Wildman–Crippen MR) is 426 cm³/mol. The zero-order valence-corrected chi connectivity index (χ0v) is 68.2. The van der Waals surface area contributed by atoms with Crippen LogP contribution in [0, 0.1) is 61.7 Å². The number of hydroxylamine groups is 4. The number of aliphatic hydroxyl groups is 4. The number of amides is 2. The molecule has 0 spiro atoms. The lowest BCUT2D eigenvalue weighted by Gasteiger charge is -2.62. The Morgan fingerprint density at radius 2 is 1.01 bits per heavy atom. The van der Waals surface area contributed by atoms with E-state index in [4.69, 9.17) is 28.5 Å². The summed E-state index contributed by atoms with van der Waals surface area (Å²) in [5, 5.41) is 71.0. The average molecular weight is 1600 g/mol. The number of ether oxygens (including phenoxy) is 2. The Morgan fingerprint density at radius 3 is 1.40 bits per heavy atom. The van der Waals surface area contributed by atoms with Gasteiger partial charge in [-0.05, 0) is 218 Å². The number of fused-ring (bicyclic) bond motifs is 4. The molecule has 9 aliphatic rings. The number of likely N-dealkylation sites (N-methyl/N-ethyl adjacent to an activating group) is 2. The summed E-state index contributed by atoms with van der Waals surface area (Å²) in [6.07, 6.45) is 1.17. The van der Waals surface area contributed by atoms with E-state index in [1.807, 2.05) is 147 Å². The maximum Gasteiger partial charge on any atom is 0.494 e. The second kappa shape index (κ2) is 35.3. The molecule has 6 saturated carbocycles. The van der Waals surface area contributed by atoms with Crippen molar-refractivity contribution in [2.24, 2.45) is 58.2 Å². The first-order chi connectivity index (χ1) is 49.6. The van der Waals surface area contributed by atoms with E-state index in [1.165, 1.54) is 12.8 Å². The van der Waals surface area contributed by atoms with Gasteiger partial charge in [0.05, 0.1) is 64.4 Å². The Bertz CT molecular complexity index is 3710. The molecule has 3 aliphatic heterocycles. The number of aromatic carboxylic acids is 2. The molecule has 4 bridgehead atoms. The van der Waals surface area contributed by atoms with Crippen LogP contribution in [0.2, 0.25) is 0 Å². The summed E-state index contributed by atoms with van der Waals surface area (Å²) in [7, 11) is 14.8. The molecule has 13 rings (SSSR count). The molecule has 3 saturated heterocycles. The van der Waals surface area contributed by atoms with Crippen molar-refractivity contribution >= 4 is 70.3 Å². The largest absolute Gasteiger partial charge is 0.494 e. The quantitative estimate of drug-likeness (QED) is 0.0215. The van der Waals surface area contributed by atoms with Gasteiger partial charge in [0.2, 0.25) is 11.8 Å². The van der Waals surface area contributed by atoms with Gasteiger partial charge >= 0.3 is 19.1 Å². The monoisotopic (exact) mass is 1600 g/mol. The van der Waals surface area contributed by atoms with Gasteiger partial charge < -0.3 is 79.7 Å². The minimum absolute atomic E-state index is 0. The number of anilines is 2. The molecule has 3 heterocycles. The highest BCUT2D eigenvalue weighted by Gasteiger charge is 2.60. The Morgan fingerprint density at radius 1 is 0.598 bits per heavy atom. The third-order valence-corrected chi connectivity index (χ3v) is 25.6. The van der Waals surface area contributed by atoms with Crippen LogP contribution in [0.3, 0.4) is 0 Å². The molecule has 26 heteroatoms. The fourth-order valence-electron chi connectivity index (χ4n) is 17.2. The van der Waals surface area contributed by atoms with E-state index in [0.29, 0.717) is 84.1 Å². The lowest BCUT2D eigenvalue weighted by Crippen LogP contribution is -2.62. The van der Waals surface area contributed by atoms with E-state index >= 15 is 0 Å². The van der Waals surface area contributed by atoms with E-state index in [2.05, 4.69) is 79.7 Å². The van der Waals surface area contributed by atoms with E-state index in [0.717, 1.165) is 56.7 Å². The summed E-state index contributed by atoms with van der Waals surface area (Å²) < 4.78 is 25.6. The molecule has 107 heavy (non-hydrogen) atoms. The number of nitrogens with zero attached hydrogens (tertiary/aromatic N) is 6. The number of hydrogen-bond acceptors (Lipinski definition) is 20. The van der Waals surface area contributed by atoms with Gasteiger partial charge in [0.15, 0.2) is 0 Å². The van der Waals surface area contributed by atoms with Crippen LogP contribution < -0.4 is 35.4 Å². The summed E-state index contributed by atoms with van der Waals surface area (Å²) >= 11 is 2.26. The predicted octanol–water partition coefficient (Wildman–Crippen LogP) is 9.00. The van der Waals surface area contributed by atoms with Crippen LogP contribution >= 0.6 is 22.6 Å². The summed E-state index contributed by atoms with van der Waals surface area (Å²) in [5.74, 6) is 0.845. The molecule has 24 nitrogen and oxygen atoms in total. The van der Waals surface area contributed by atoms with Crippen molar-refractivity contribution in [2.75, 3.05) is 106 Å². The number of carboxylic acid groups (broad SMARTS) is 2. The highest BCUT2D eigenvalue weighted by molar-refractivity contribution is 14.1. The van der Waals surface area contributed by atoms with Crippen molar-refractivity contribution in [3.8, 4) is 22.6 Å². The van der Waals surface area contributed by atoms with Gasteiger partial charge in [-0.2, -0.15) is 10.1 Å². The van der Waals surface area contributed by atoms with Crippen molar-refractivity contribution in [1.29, 1.82) is 0 Å². The molecule has 0 aromatic heterocycles. The third kappa shape index (κ3) is 19.1. The SMILES string of the molecule is C.CN(C)c1cc(B2OC(C)(C)C(C)(C)O2)cc(C(=O)O)c1.C[C@@H]1[C@@H](NC(=O)[C@@H]2[C@H]([C@H](C)O)[C@H](CO)ON2Cc2cccc(-c3cc(C(=O)O)cc(N(C)C)c3)c2OCCN(C)C)C[C@H]2C[C@@H]1C2(C)C.C[C@@H]1[C@@H](NC(=O)[C@@H]2[C@H]([C@H](C)O)[C@H](CO)ON2Cc2cccc(I)c2OCCN(C)C)C[C@H]2C[C@@H]1C2(C)C. The van der Waals surface area contributed by atoms with Crippen LogP contribution in [-0.4, -0.2) is 237 Å². The highest BCUT2D eigenvalue weighted by atomic mass is 127. The standard InChI is InChI=1S/C37H54N4O7.C28H44IN3O5.C15H22BNO4.CH4/c1-21-29-17-26(37(29,3)4)18-30(21)38-35(44)33-32(22(2)43)31(20-42)48-41(33)19-23-10-9-11-28(34(23)47-13-12-39(5)6)24-14-25(36(45)46)16-27(15-24)40(7)8;1-16-20-12-19(28(20,3)4)13-22(16)30-27(35)25-24(17(2)34)23(15-33)37-32(25)14-18-8-7-9-21(29)26(18)36-11-10-31(5)6;1-14(2)15(3,4)21-16(20-14)11-7-10(13(18)19)8-12(9-11)17(5)6;/h9-11,14-16,21-22,26,29-33,42-43H,12-13,17-20H2,1-8H3,(H,38,44)(H,45,46);7-9,16-17,19-20,22-25,33-34H,10-15H2,1-6H3,(H,30,35);7-9H,1-6H3,(H,18,19);1H4/t21-,22-,26+,29-,30-,31-,32+,33-;16-,17-,19+,20-,22-,23-,24+,25-;;/m00../s1. The van der Waals surface area contributed by atoms with Crippen LogP contribution in [0.15, 0.2) is 72.8 Å². The first-order valence-electron chi connectivity index (χ1n) is 37.6. The lowest BCUT2D eigenvalue weighted by molar-refractivity contribution is -0.183. The van der Waals surface area contributed by atoms with Crippen LogP contribution in [0.4, 0.5) is 11.4 Å². The minimum Gasteiger partial charge on any atom is -0.491 e. The number of para-hydroxylation sites is 2. The van der Waals surface area contributed by atoms with Crippen LogP contribution in [0.1, 0.15) is 148 Å². The van der Waals surface area contributed by atoms with Gasteiger partial charge in [-0.25, -0.2) is 9.59 Å². The lowest BCUT2D eigenvalue weighted by atomic mass is 9.45. The molecule has 594 valence electrons. The van der Waals surface area contributed by atoms with Gasteiger partial charge in [-0.1, -0.05) is 79.3 Å². The summed E-state index contributed by atoms with van der Waals surface area (Å²) in [4.78, 5) is 71.7. The van der Waals surface area contributed by atoms with Crippen LogP contribution in [0.25, 0.3) is 11.1 Å². The Hall–Kier alpha value is -5.73. The maximum atomic E-state index is 14.2. The van der Waals surface area contributed by atoms with E-state index in [-0.39, 0.29) is 67.6 Å². The molecular formula is C81H124BIN8O16. The van der Waals surface area contributed by atoms with Gasteiger partial charge in [0, 0.05) is 93.3 Å². The molecule has 0 unspecified atom stereocenters. The topological polar surface area (TPSA) is 289 Å². The van der Waals surface area contributed by atoms with Gasteiger partial charge in [-0.3, -0.25) is 19.3 Å². The third-order valence-electron chi connectivity index (χ3n) is 24.7. The second-order valence-corrected chi connectivity index (χ2v) is 35.0. The van der Waals surface area contributed by atoms with Crippen molar-refractivity contribution in [1.82, 2.24) is 30.6 Å². The van der Waals surface area contributed by atoms with E-state index in [9.17, 15) is 49.8 Å². The number of carboxylic acids is 2. The Kier molecular flexibility index (Phi) is 28.7. The van der Waals surface area contributed by atoms with Gasteiger partial charge in [0.25, 0.3) is 0 Å². The number of hydrogen-bond donors (Lipinski definition) is 8. The van der Waals surface area contributed by atoms with E-state index in [1.54, 1.807) is 48.2 Å². The summed E-state index contributed by atoms with van der Waals surface area (Å²) in [5.41, 5.74) is 5.38. The van der Waals surface area contributed by atoms with Crippen molar-refractivity contribution in [3.05, 3.63) is 98.6 Å². The fourth-order valence-corrected chi connectivity index (χ4v) is 17.9. The van der Waals surface area contributed by atoms with Gasteiger partial charge in [0.1, 0.15) is 49.0 Å². The van der Waals surface area contributed by atoms with Crippen LogP contribution in [0.5, 0.6) is 11.5 Å². The number of aliphatic hydroxyl groups excluding tert-OH is 4. The van der Waals surface area contributed by atoms with Crippen LogP contribution in [-0.2, 0) is 41.7 Å². The zero-order valence-electron chi connectivity index (χ0n) is 66.1. The summed E-state index contributed by atoms with van der Waals surface area (Å²) in [6.45, 7) is 27.2. The normalized spacial score (nSPS) is 28.3. The second-order valence-electron chi connectivity index (χ2n) is 33.9. The molecule has 2 amide bonds. The smallest absolute Gasteiger partial charge is 0.491 e. The minimum atomic E-state index is -1.03. The molecular weight excluding hydrogens is 1480 g/mol. The van der Waals surface area contributed by atoms with Gasteiger partial charge in [-0.15, -0.1) is 0 Å². The molecule has 4 aromatic carbocycles. The average Bonchev–Trinajstić information content (AvgIpc) is 1.68. The maximum absolute atomic E-state index is 14.2. The Balaban J connectivity index is 0.000000216. The highest BCUT2D eigenvalue weighted by Crippen LogP contribution is 2.62. The first-order valence-corrected chi connectivity index (χ1v) is 38.7. The number of carbonyl (C=O) groups is 4. The van der Waals surface area contributed by atoms with Crippen molar-refractivity contribution in [3.63, 3.8) is 0 Å². The van der Waals surface area contributed by atoms with Crippen molar-refractivity contribution in [2.45, 2.75) is 189 Å². The first kappa shape index (κ1) is 86.9. The van der Waals surface area contributed by atoms with Crippen molar-refractivity contribution < 1.29 is 78.3 Å². The molecule has 4 aromatic rings. The number of halogens is 1. The van der Waals surface area contributed by atoms with E-state index < -0.39 is 78.6 Å². The molecule has 8 N–H and O–H groups in total.